The van der Waals surface area contributed by atoms with Gasteiger partial charge in [-0.15, -0.1) is 0 Å². The van der Waals surface area contributed by atoms with E-state index in [0.717, 1.165) is 0 Å². The first-order valence-corrected chi connectivity index (χ1v) is 43.1. The summed E-state index contributed by atoms with van der Waals surface area (Å²) in [5.41, 5.74) is 0. The molecule has 0 aliphatic carbocycles. The highest BCUT2D eigenvalue weighted by atomic mass is 16.8. The number of hydrogen-bond acceptors (Lipinski definition) is 36. The maximum atomic E-state index is 5.79. The van der Waals surface area contributed by atoms with Crippen LogP contribution in [0.15, 0.2) is 0 Å². The van der Waals surface area contributed by atoms with Gasteiger partial charge in [-0.1, -0.05) is 83.1 Å². The smallest absolute Gasteiger partial charge is 0.186 e. The molecule has 36 nitrogen and oxygen atoms in total. The Hall–Kier alpha value is -1.44. The van der Waals surface area contributed by atoms with Crippen molar-refractivity contribution in [3.63, 3.8) is 0 Å². The Morgan fingerprint density at radius 2 is 0.226 bits per heavy atom. The predicted molar refractivity (Wildman–Crippen MR) is 460 cm³/mol. The van der Waals surface area contributed by atoms with Crippen LogP contribution in [-0.4, -0.2) is 424 Å². The summed E-state index contributed by atoms with van der Waals surface area (Å²) < 4.78 is 195. The minimum absolute atomic E-state index is 0.00175. The van der Waals surface area contributed by atoms with Crippen LogP contribution in [-0.2, 0) is 171 Å². The molecule has 0 spiro atoms. The van der Waals surface area contributed by atoms with Crippen molar-refractivity contribution in [2.24, 2.45) is 71.0 Å². The maximum Gasteiger partial charge on any atom is 0.186 e. The summed E-state index contributed by atoms with van der Waals surface area (Å²) >= 11 is 0. The molecule has 40 atom stereocenters. The Kier molecular flexibility index (Phi) is 65.0. The van der Waals surface area contributed by atoms with E-state index in [1.165, 1.54) is 0 Å². The molecule has 32 unspecified atom stereocenters. The monoisotopic (exact) mass is 1810 g/mol. The molecule has 0 aromatic carbocycles. The molecular formula is C88H176O36. The van der Waals surface area contributed by atoms with Gasteiger partial charge >= 0.3 is 0 Å². The number of rotatable bonds is 36. The quantitative estimate of drug-likeness (QED) is 0.0576. The van der Waals surface area contributed by atoms with E-state index in [1.807, 2.05) is 0 Å². The Labute approximate surface area is 746 Å². The Balaban J connectivity index is 0.000000709. The van der Waals surface area contributed by atoms with E-state index in [9.17, 15) is 0 Å². The third kappa shape index (κ3) is 34.8. The van der Waals surface area contributed by atoms with Crippen molar-refractivity contribution in [1.29, 1.82) is 0 Å². The summed E-state index contributed by atoms with van der Waals surface area (Å²) in [6, 6.07) is 0. The molecule has 0 amide bonds. The third-order valence-corrected chi connectivity index (χ3v) is 25.8. The van der Waals surface area contributed by atoms with Crippen molar-refractivity contribution in [2.75, 3.05) is 252 Å². The van der Waals surface area contributed by atoms with Crippen LogP contribution in [0.3, 0.4) is 0 Å². The number of methoxy groups -OCH3 is 28. The van der Waals surface area contributed by atoms with E-state index in [0.29, 0.717) is 100 Å². The van der Waals surface area contributed by atoms with Gasteiger partial charge in [0.2, 0.25) is 0 Å². The zero-order chi connectivity index (χ0) is 94.2. The lowest BCUT2D eigenvalue weighted by Crippen LogP contribution is -2.56. The van der Waals surface area contributed by atoms with Gasteiger partial charge in [0.15, 0.2) is 50.3 Å². The topological polar surface area (TPSA) is 332 Å². The molecule has 0 bridgehead atoms. The molecule has 8 rings (SSSR count). The Morgan fingerprint density at radius 1 is 0.121 bits per heavy atom. The Morgan fingerprint density at radius 3 is 0.323 bits per heavy atom. The fourth-order valence-electron chi connectivity index (χ4n) is 17.2. The SMILES string of the molecule is COCC1OC(OC)C(OC)C(C)[C@@H]1C.COCC1OC(OC)C(OC)C(C)[C@@H]1C.COCC1OC(OC)C(OC)C(C)[C@@H]1C.COCC1OC(OC)C(OC)C(C)[C@@H]1C.COCC1OC(OC)C(OC)C(OC)[C@@H]1C.COCC1OC(OC)C(OC)C(OC)[C@@H]1C.COCC1OC(OC)C(OC)C(OC)[C@@H]1C.COCC1OC(OC)C(OC)C(OC)[C@@H]1C. The van der Waals surface area contributed by atoms with Gasteiger partial charge in [-0.2, -0.15) is 0 Å². The molecule has 8 heterocycles. The van der Waals surface area contributed by atoms with Gasteiger partial charge in [-0.3, -0.25) is 0 Å². The molecule has 8 aliphatic rings. The second-order valence-corrected chi connectivity index (χ2v) is 32.6. The molecular weight excluding hydrogens is 1630 g/mol. The van der Waals surface area contributed by atoms with Crippen LogP contribution < -0.4 is 0 Å². The normalized spacial score (nSPS) is 40.8. The standard InChI is InChI=1S/4C11H22O5.4C11H22O4/c4*1-7-8(6-12-2)16-11(15-5)10(14-4)9(7)13-3;4*1-7-8(2)10(13-4)11(14-5)15-9(7)6-12-3/h4*7-11H,6H2,1-5H3;4*7-11H,6H2,1-5H3/t8*7-,8?,9?,10?,11?/m11110000/s1. The van der Waals surface area contributed by atoms with Crippen LogP contribution in [0.25, 0.3) is 0 Å². The zero-order valence-electron chi connectivity index (χ0n) is 83.4. The zero-order valence-corrected chi connectivity index (χ0v) is 83.4. The molecule has 0 saturated carbocycles. The van der Waals surface area contributed by atoms with E-state index in [1.54, 1.807) is 199 Å². The van der Waals surface area contributed by atoms with Crippen molar-refractivity contribution in [3.8, 4) is 0 Å². The van der Waals surface area contributed by atoms with Crippen LogP contribution >= 0.6 is 0 Å². The molecule has 8 aliphatic heterocycles. The molecule has 0 aromatic rings. The molecule has 0 aromatic heterocycles. The van der Waals surface area contributed by atoms with Gasteiger partial charge in [0.25, 0.3) is 0 Å². The first kappa shape index (κ1) is 121. The summed E-state index contributed by atoms with van der Waals surface area (Å²) in [5.74, 6) is 3.99. The molecule has 8 saturated heterocycles. The van der Waals surface area contributed by atoms with Crippen LogP contribution in [0.1, 0.15) is 83.1 Å². The molecule has 124 heavy (non-hydrogen) atoms. The van der Waals surface area contributed by atoms with Gasteiger partial charge < -0.3 is 171 Å². The lowest BCUT2D eigenvalue weighted by molar-refractivity contribution is -0.290. The summed E-state index contributed by atoms with van der Waals surface area (Å²) in [4.78, 5) is 0. The largest absolute Gasteiger partial charge is 0.382 e. The van der Waals surface area contributed by atoms with E-state index >= 15 is 0 Å². The minimum atomic E-state index is -0.411. The van der Waals surface area contributed by atoms with Crippen molar-refractivity contribution in [1.82, 2.24) is 0 Å². The van der Waals surface area contributed by atoms with E-state index in [-0.39, 0.29) is 171 Å². The number of ether oxygens (including phenoxy) is 36. The molecule has 744 valence electrons. The molecule has 0 N–H and O–H groups in total. The van der Waals surface area contributed by atoms with E-state index in [2.05, 4.69) is 83.1 Å². The first-order valence-electron chi connectivity index (χ1n) is 43.1. The highest BCUT2D eigenvalue weighted by Gasteiger charge is 2.51. The van der Waals surface area contributed by atoms with Crippen LogP contribution in [0, 0.1) is 71.0 Å². The average molecular weight is 1810 g/mol. The van der Waals surface area contributed by atoms with Gasteiger partial charge in [-0.05, 0) is 47.3 Å². The average Bonchev–Trinajstić information content (AvgIpc) is 0.720. The van der Waals surface area contributed by atoms with Crippen molar-refractivity contribution in [2.45, 2.75) is 255 Å². The van der Waals surface area contributed by atoms with Crippen molar-refractivity contribution >= 4 is 0 Å². The summed E-state index contributed by atoms with van der Waals surface area (Å²) in [6.07, 6.45) is -3.67. The lowest BCUT2D eigenvalue weighted by Gasteiger charge is -2.43. The summed E-state index contributed by atoms with van der Waals surface area (Å²) in [7, 11) is 46.3. The summed E-state index contributed by atoms with van der Waals surface area (Å²) in [5, 5.41) is 0. The predicted octanol–water partition coefficient (Wildman–Crippen LogP) is 7.85. The Bertz CT molecular complexity index is 2180. The second kappa shape index (κ2) is 66.9. The molecule has 0 radical (unpaired) electrons. The number of hydrogen-bond donors (Lipinski definition) is 0. The van der Waals surface area contributed by atoms with Crippen LogP contribution in [0.4, 0.5) is 0 Å². The van der Waals surface area contributed by atoms with Crippen LogP contribution in [0.5, 0.6) is 0 Å². The molecule has 36 heteroatoms. The maximum absolute atomic E-state index is 5.79. The second-order valence-electron chi connectivity index (χ2n) is 32.6. The van der Waals surface area contributed by atoms with Gasteiger partial charge in [0.05, 0.1) is 126 Å². The van der Waals surface area contributed by atoms with Gasteiger partial charge in [-0.25, -0.2) is 0 Å². The molecule has 8 fully saturated rings. The summed E-state index contributed by atoms with van der Waals surface area (Å²) in [6.45, 7) is 30.0. The minimum Gasteiger partial charge on any atom is -0.382 e. The van der Waals surface area contributed by atoms with Gasteiger partial charge in [0.1, 0.15) is 48.8 Å². The van der Waals surface area contributed by atoms with E-state index in [4.69, 9.17) is 171 Å². The van der Waals surface area contributed by atoms with Crippen molar-refractivity contribution < 1.29 is 171 Å². The van der Waals surface area contributed by atoms with Crippen molar-refractivity contribution in [3.05, 3.63) is 0 Å². The highest BCUT2D eigenvalue weighted by molar-refractivity contribution is 4.94. The van der Waals surface area contributed by atoms with Gasteiger partial charge in [0, 0.05) is 223 Å². The highest BCUT2D eigenvalue weighted by Crippen LogP contribution is 2.39. The fourth-order valence-corrected chi connectivity index (χ4v) is 17.2. The van der Waals surface area contributed by atoms with Crippen LogP contribution in [0.2, 0.25) is 0 Å². The lowest BCUT2D eigenvalue weighted by atomic mass is 9.83. The van der Waals surface area contributed by atoms with E-state index < -0.39 is 25.2 Å². The first-order chi connectivity index (χ1) is 59.4. The third-order valence-electron chi connectivity index (χ3n) is 25.8. The fraction of sp³-hybridized carbons (Fsp3) is 1.00.